The largest absolute Gasteiger partial charge is 0.493 e. The highest BCUT2D eigenvalue weighted by molar-refractivity contribution is 8.30. The van der Waals surface area contributed by atoms with Crippen LogP contribution in [0.4, 0.5) is 5.69 Å². The van der Waals surface area contributed by atoms with Crippen molar-refractivity contribution in [3.05, 3.63) is 64.1 Å². The summed E-state index contributed by atoms with van der Waals surface area (Å²) in [4.78, 5) is 78.5. The predicted octanol–water partition coefficient (Wildman–Crippen LogP) is 0.0932. The molecule has 0 spiro atoms. The van der Waals surface area contributed by atoms with E-state index in [9.17, 15) is 57.1 Å². The Morgan fingerprint density at radius 2 is 1.50 bits per heavy atom. The number of aromatic nitrogens is 2. The van der Waals surface area contributed by atoms with E-state index in [4.69, 9.17) is 26.1 Å². The molecule has 0 saturated carbocycles. The Balaban J connectivity index is 1.72. The van der Waals surface area contributed by atoms with E-state index in [0.29, 0.717) is 65.8 Å². The molecule has 1 fully saturated rings. The third-order valence-corrected chi connectivity index (χ3v) is 12.2. The van der Waals surface area contributed by atoms with Crippen LogP contribution in [0.2, 0.25) is 0 Å². The molecule has 0 bridgehead atoms. The first-order valence-corrected chi connectivity index (χ1v) is 19.7. The number of carbonyl (C=O) groups is 4. The van der Waals surface area contributed by atoms with Gasteiger partial charge in [-0.3, -0.25) is 47.4 Å². The number of hydrogen-bond acceptors (Lipinski definition) is 16. The molecule has 288 valence electrons. The van der Waals surface area contributed by atoms with E-state index in [2.05, 4.69) is 0 Å². The maximum absolute atomic E-state index is 13.7. The van der Waals surface area contributed by atoms with Gasteiger partial charge in [0.2, 0.25) is 5.55 Å². The van der Waals surface area contributed by atoms with Gasteiger partial charge in [0.1, 0.15) is 33.5 Å². The van der Waals surface area contributed by atoms with Crippen molar-refractivity contribution in [1.29, 1.82) is 0 Å². The number of methoxy groups -OCH3 is 2. The number of thioether (sulfide) groups is 2. The topological polar surface area (TPSA) is 265 Å². The molecule has 4 heterocycles. The average molecular weight is 845 g/mol. The molecule has 0 unspecified atom stereocenters. The molecule has 0 atom stereocenters. The van der Waals surface area contributed by atoms with E-state index in [1.165, 1.54) is 38.1 Å². The fourth-order valence-corrected chi connectivity index (χ4v) is 9.47. The number of oxazole rings is 1. The van der Waals surface area contributed by atoms with Gasteiger partial charge in [-0.25, -0.2) is 0 Å². The molecular weight excluding hydrogens is 817 g/mol. The lowest BCUT2D eigenvalue weighted by molar-refractivity contribution is -0.140. The van der Waals surface area contributed by atoms with Crippen molar-refractivity contribution in [2.45, 2.75) is 30.8 Å². The molecule has 4 N–H and O–H groups in total. The summed E-state index contributed by atoms with van der Waals surface area (Å²) in [7, 11) is -1.29. The summed E-state index contributed by atoms with van der Waals surface area (Å²) in [6.45, 7) is -2.49. The molecule has 3 aromatic rings. The van der Waals surface area contributed by atoms with E-state index in [1.54, 1.807) is 17.0 Å². The van der Waals surface area contributed by atoms with Gasteiger partial charge in [-0.05, 0) is 25.0 Å². The number of ether oxygens (including phenoxy) is 2. The number of carboxylic acids is 3. The molecule has 1 amide bonds. The Hall–Kier alpha value is -4.88. The third kappa shape index (κ3) is 8.57. The molecule has 1 aromatic carbocycles. The van der Waals surface area contributed by atoms with Crippen molar-refractivity contribution in [3.8, 4) is 11.5 Å². The maximum atomic E-state index is 13.7. The van der Waals surface area contributed by atoms with Gasteiger partial charge in [0, 0.05) is 23.6 Å². The Morgan fingerprint density at radius 1 is 0.870 bits per heavy atom. The highest BCUT2D eigenvalue weighted by Crippen LogP contribution is 2.50. The molecule has 2 aliphatic heterocycles. The highest BCUT2D eigenvalue weighted by Gasteiger charge is 2.36. The standard InChI is InChI=1S/C30H28N4O15S5/c1-47-16-9-14-18(10-17(16)48-2)51-19(31(14)7-3-4-8-54(44,45)46)6-5-15-25(41)32(11-20(35)36)28(49-15)23-26(42)33(12-21(37)38)29(52-23)24-27(43)34(13-22(39)40)30(50)53-24/h5-6,9-10H,3-4,7-8,11-13H2,1-2H3,(H,35,36)(H,37,38)(H,39,40)(H,44,45,46)/b15-5?,19-6?,28-23+,29-24?. The second-order valence-electron chi connectivity index (χ2n) is 11.2. The zero-order valence-corrected chi connectivity index (χ0v) is 32.0. The van der Waals surface area contributed by atoms with Crippen LogP contribution in [0.5, 0.6) is 11.5 Å². The Bertz CT molecular complexity index is 2590. The van der Waals surface area contributed by atoms with Crippen LogP contribution in [0.15, 0.2) is 42.1 Å². The Kier molecular flexibility index (Phi) is 12.1. The normalized spacial score (nSPS) is 17.1. The van der Waals surface area contributed by atoms with Crippen LogP contribution in [-0.2, 0) is 42.4 Å². The number of rotatable bonds is 14. The van der Waals surface area contributed by atoms with Gasteiger partial charge in [0.25, 0.3) is 27.1 Å². The minimum atomic E-state index is -4.20. The van der Waals surface area contributed by atoms with Crippen LogP contribution < -0.4 is 35.6 Å². The van der Waals surface area contributed by atoms with E-state index in [1.807, 2.05) is 0 Å². The van der Waals surface area contributed by atoms with E-state index < -0.39 is 85.9 Å². The lowest BCUT2D eigenvalue weighted by Crippen LogP contribution is -2.35. The lowest BCUT2D eigenvalue weighted by Gasteiger charge is -2.21. The molecule has 2 aliphatic rings. The van der Waals surface area contributed by atoms with Crippen LogP contribution in [0.3, 0.4) is 0 Å². The van der Waals surface area contributed by atoms with Crippen LogP contribution in [0.25, 0.3) is 11.0 Å². The number of thiazole rings is 1. The molecule has 0 radical (unpaired) electrons. The number of allylic oxidation sites excluding steroid dienone is 1. The maximum Gasteiger partial charge on any atom is 0.323 e. The number of carbonyl (C=O) groups excluding carboxylic acids is 1. The number of hydrogen-bond donors (Lipinski definition) is 4. The van der Waals surface area contributed by atoms with Gasteiger partial charge in [0.15, 0.2) is 21.4 Å². The van der Waals surface area contributed by atoms with E-state index >= 15 is 0 Å². The molecule has 5 rings (SSSR count). The number of unbranched alkanes of at least 4 members (excludes halogenated alkanes) is 1. The molecule has 2 aromatic heterocycles. The number of aliphatic carboxylic acids is 3. The average Bonchev–Trinajstić information content (AvgIpc) is 3.78. The molecule has 54 heavy (non-hydrogen) atoms. The fraction of sp³-hybridized carbons (Fsp3) is 0.300. The fourth-order valence-electron chi connectivity index (χ4n) is 5.26. The number of benzene rings is 1. The lowest BCUT2D eigenvalue weighted by atomic mass is 10.2. The zero-order valence-electron chi connectivity index (χ0n) is 27.9. The van der Waals surface area contributed by atoms with Crippen molar-refractivity contribution in [2.24, 2.45) is 0 Å². The van der Waals surface area contributed by atoms with Crippen molar-refractivity contribution in [2.75, 3.05) is 38.0 Å². The number of thiocarbonyl (C=S) groups is 1. The Morgan fingerprint density at radius 3 is 2.11 bits per heavy atom. The molecular formula is C30H28N4O15S5. The number of amides is 1. The monoisotopic (exact) mass is 844 g/mol. The van der Waals surface area contributed by atoms with Crippen molar-refractivity contribution < 1.29 is 61.4 Å². The van der Waals surface area contributed by atoms with Crippen LogP contribution in [-0.4, -0.2) is 104 Å². The molecule has 0 aliphatic carbocycles. The number of carboxylic acid groups (broad SMARTS) is 3. The van der Waals surface area contributed by atoms with Gasteiger partial charge in [-0.15, -0.1) is 11.3 Å². The van der Waals surface area contributed by atoms with Gasteiger partial charge in [-0.2, -0.15) is 8.42 Å². The predicted molar refractivity (Wildman–Crippen MR) is 198 cm³/mol. The van der Waals surface area contributed by atoms with Crippen LogP contribution in [0.1, 0.15) is 12.8 Å². The number of anilines is 1. The summed E-state index contributed by atoms with van der Waals surface area (Å²) in [5.41, 5.74) is -2.34. The number of nitrogens with zero attached hydrogens (tertiary/aromatic N) is 4. The summed E-state index contributed by atoms with van der Waals surface area (Å²) in [5, 5.41) is 28.9. The van der Waals surface area contributed by atoms with Crippen molar-refractivity contribution in [1.82, 2.24) is 14.0 Å². The third-order valence-electron chi connectivity index (χ3n) is 7.56. The van der Waals surface area contributed by atoms with Gasteiger partial charge >= 0.3 is 17.9 Å². The minimum absolute atomic E-state index is 0.121. The molecule has 1 saturated heterocycles. The summed E-state index contributed by atoms with van der Waals surface area (Å²) < 4.78 is 48.9. The highest BCUT2D eigenvalue weighted by atomic mass is 32.2. The smallest absolute Gasteiger partial charge is 0.323 e. The summed E-state index contributed by atoms with van der Waals surface area (Å²) in [6.07, 6.45) is 3.14. The van der Waals surface area contributed by atoms with E-state index in [0.717, 1.165) is 4.90 Å². The summed E-state index contributed by atoms with van der Waals surface area (Å²) >= 11 is 7.54. The van der Waals surface area contributed by atoms with Gasteiger partial charge in [-0.1, -0.05) is 35.7 Å². The first-order valence-electron chi connectivity index (χ1n) is 15.2. The SMILES string of the molecule is COc1cc2c(cc1OC)N(CCCCS(=O)(=O)O)C(=CC=c1o/c(=c3/sc(=C4SC(=S)N(CC(=O)O)C4=O)n(CC(=O)O)c3=O)n(CC(=O)O)c1=O)S2. The first-order chi connectivity index (χ1) is 25.4. The number of fused-ring (bicyclic) bond motifs is 1. The zero-order chi connectivity index (χ0) is 39.6. The summed E-state index contributed by atoms with van der Waals surface area (Å²) in [6, 6.07) is 3.41. The van der Waals surface area contributed by atoms with Crippen LogP contribution in [0, 0.1) is 10.1 Å². The summed E-state index contributed by atoms with van der Waals surface area (Å²) in [5.74, 6) is -4.91. The molecule has 24 heteroatoms. The van der Waals surface area contributed by atoms with Gasteiger partial charge < -0.3 is 34.1 Å². The van der Waals surface area contributed by atoms with Crippen LogP contribution >= 0.6 is 47.1 Å². The van der Waals surface area contributed by atoms with Crippen molar-refractivity contribution in [3.63, 3.8) is 0 Å². The minimum Gasteiger partial charge on any atom is -0.493 e. The molecule has 19 nitrogen and oxygen atoms in total. The second-order valence-corrected chi connectivity index (χ2v) is 16.4. The Labute approximate surface area is 320 Å². The second kappa shape index (κ2) is 16.2. The first kappa shape index (κ1) is 40.3. The van der Waals surface area contributed by atoms with Gasteiger partial charge in [0.05, 0.1) is 30.7 Å². The van der Waals surface area contributed by atoms with E-state index in [-0.39, 0.29) is 26.9 Å². The van der Waals surface area contributed by atoms with Crippen molar-refractivity contribution >= 4 is 102 Å². The quantitative estimate of drug-likeness (QED) is 0.0952.